The molecule has 1 N–H and O–H groups in total. The summed E-state index contributed by atoms with van der Waals surface area (Å²) in [6.45, 7) is 2.09. The van der Waals surface area contributed by atoms with Gasteiger partial charge in [0.2, 0.25) is 5.13 Å². The van der Waals surface area contributed by atoms with Crippen LogP contribution >= 0.6 is 11.5 Å². The third kappa shape index (κ3) is 1.32. The van der Waals surface area contributed by atoms with Gasteiger partial charge in [0.05, 0.1) is 0 Å². The number of nitrogens with one attached hydrogen (secondary N) is 1. The fourth-order valence-electron chi connectivity index (χ4n) is 2.63. The van der Waals surface area contributed by atoms with Crippen molar-refractivity contribution in [3.05, 3.63) is 5.82 Å². The smallest absolute Gasteiger partial charge is 0.202 e. The molecule has 0 bridgehead atoms. The van der Waals surface area contributed by atoms with Gasteiger partial charge < -0.3 is 5.32 Å². The lowest BCUT2D eigenvalue weighted by atomic mass is 10.2. The lowest BCUT2D eigenvalue weighted by Crippen LogP contribution is -2.07. The fourth-order valence-corrected chi connectivity index (χ4v) is 3.33. The molecule has 2 saturated carbocycles. The standard InChI is InChI=1S/C10H15N3S/c1-2-8-11-10(14-13-8)12-9-6-4-3-5-7(6)9/h6-7,9H,2-5H2,1H3,(H,11,12,13)/t6-,7+,9?. The van der Waals surface area contributed by atoms with E-state index >= 15 is 0 Å². The molecule has 4 heteroatoms. The van der Waals surface area contributed by atoms with Crippen LogP contribution in [-0.4, -0.2) is 15.4 Å². The first kappa shape index (κ1) is 8.65. The summed E-state index contributed by atoms with van der Waals surface area (Å²) < 4.78 is 4.28. The first-order chi connectivity index (χ1) is 6.88. The van der Waals surface area contributed by atoms with E-state index in [1.165, 1.54) is 30.8 Å². The summed E-state index contributed by atoms with van der Waals surface area (Å²) in [7, 11) is 0. The van der Waals surface area contributed by atoms with Crippen molar-refractivity contribution in [2.75, 3.05) is 5.32 Å². The molecule has 0 radical (unpaired) electrons. The summed E-state index contributed by atoms with van der Waals surface area (Å²) >= 11 is 1.51. The Balaban J connectivity index is 1.62. The Labute approximate surface area is 88.1 Å². The number of anilines is 1. The van der Waals surface area contributed by atoms with E-state index in [-0.39, 0.29) is 0 Å². The van der Waals surface area contributed by atoms with Gasteiger partial charge in [-0.3, -0.25) is 0 Å². The SMILES string of the molecule is CCc1nsc(NC2[C@H]3CCC[C@@H]23)n1. The van der Waals surface area contributed by atoms with Crippen molar-refractivity contribution >= 4 is 16.7 Å². The summed E-state index contributed by atoms with van der Waals surface area (Å²) in [5, 5.41) is 4.55. The minimum Gasteiger partial charge on any atom is -0.357 e. The van der Waals surface area contributed by atoms with Gasteiger partial charge in [-0.2, -0.15) is 4.37 Å². The topological polar surface area (TPSA) is 37.8 Å². The van der Waals surface area contributed by atoms with Crippen molar-refractivity contribution < 1.29 is 0 Å². The fraction of sp³-hybridized carbons (Fsp3) is 0.800. The Morgan fingerprint density at radius 2 is 2.21 bits per heavy atom. The molecule has 2 aliphatic carbocycles. The quantitative estimate of drug-likeness (QED) is 0.830. The highest BCUT2D eigenvalue weighted by Crippen LogP contribution is 2.53. The number of rotatable bonds is 3. The second-order valence-electron chi connectivity index (χ2n) is 4.30. The zero-order valence-corrected chi connectivity index (χ0v) is 9.18. The highest BCUT2D eigenvalue weighted by atomic mass is 32.1. The normalized spacial score (nSPS) is 34.2. The largest absolute Gasteiger partial charge is 0.357 e. The molecule has 1 aromatic heterocycles. The zero-order chi connectivity index (χ0) is 9.54. The van der Waals surface area contributed by atoms with Crippen LogP contribution in [-0.2, 0) is 6.42 Å². The highest BCUT2D eigenvalue weighted by molar-refractivity contribution is 7.09. The number of hydrogen-bond donors (Lipinski definition) is 1. The highest BCUT2D eigenvalue weighted by Gasteiger charge is 2.52. The third-order valence-electron chi connectivity index (χ3n) is 3.48. The van der Waals surface area contributed by atoms with Gasteiger partial charge in [-0.25, -0.2) is 4.98 Å². The van der Waals surface area contributed by atoms with E-state index < -0.39 is 0 Å². The van der Waals surface area contributed by atoms with Gasteiger partial charge in [0.25, 0.3) is 0 Å². The van der Waals surface area contributed by atoms with Crippen LogP contribution in [0.15, 0.2) is 0 Å². The van der Waals surface area contributed by atoms with Crippen molar-refractivity contribution in [1.82, 2.24) is 9.36 Å². The molecule has 0 spiro atoms. The van der Waals surface area contributed by atoms with Gasteiger partial charge in [-0.1, -0.05) is 13.3 Å². The molecule has 1 aromatic rings. The maximum absolute atomic E-state index is 4.43. The van der Waals surface area contributed by atoms with E-state index in [1.54, 1.807) is 0 Å². The van der Waals surface area contributed by atoms with Crippen molar-refractivity contribution in [2.24, 2.45) is 11.8 Å². The van der Waals surface area contributed by atoms with Crippen molar-refractivity contribution in [3.63, 3.8) is 0 Å². The Hall–Kier alpha value is -0.640. The molecule has 1 heterocycles. The summed E-state index contributed by atoms with van der Waals surface area (Å²) in [5.74, 6) is 2.87. The molecule has 0 amide bonds. The molecule has 76 valence electrons. The molecule has 1 unspecified atom stereocenters. The van der Waals surface area contributed by atoms with E-state index in [4.69, 9.17) is 0 Å². The average molecular weight is 209 g/mol. The Morgan fingerprint density at radius 3 is 2.86 bits per heavy atom. The molecule has 14 heavy (non-hydrogen) atoms. The van der Waals surface area contributed by atoms with Gasteiger partial charge in [0, 0.05) is 24.0 Å². The van der Waals surface area contributed by atoms with Crippen LogP contribution in [0, 0.1) is 11.8 Å². The first-order valence-corrected chi connectivity index (χ1v) is 6.25. The molecule has 3 atom stereocenters. The minimum atomic E-state index is 0.724. The van der Waals surface area contributed by atoms with E-state index in [0.29, 0.717) is 0 Å². The van der Waals surface area contributed by atoms with Crippen molar-refractivity contribution in [3.8, 4) is 0 Å². The second-order valence-corrected chi connectivity index (χ2v) is 5.05. The molecule has 3 nitrogen and oxygen atoms in total. The lowest BCUT2D eigenvalue weighted by Gasteiger charge is -2.02. The maximum atomic E-state index is 4.43. The lowest BCUT2D eigenvalue weighted by molar-refractivity contribution is 0.695. The molecule has 0 saturated heterocycles. The summed E-state index contributed by atoms with van der Waals surface area (Å²) in [5.41, 5.74) is 0. The minimum absolute atomic E-state index is 0.724. The van der Waals surface area contributed by atoms with Crippen LogP contribution in [0.25, 0.3) is 0 Å². The van der Waals surface area contributed by atoms with Crippen LogP contribution < -0.4 is 5.32 Å². The van der Waals surface area contributed by atoms with Gasteiger partial charge in [0.15, 0.2) is 0 Å². The van der Waals surface area contributed by atoms with E-state index in [9.17, 15) is 0 Å². The maximum Gasteiger partial charge on any atom is 0.202 e. The Bertz CT molecular complexity index is 326. The van der Waals surface area contributed by atoms with Gasteiger partial charge in [-0.05, 0) is 24.7 Å². The molecular weight excluding hydrogens is 194 g/mol. The molecular formula is C10H15N3S. The van der Waals surface area contributed by atoms with E-state index in [2.05, 4.69) is 21.6 Å². The average Bonchev–Trinajstić information content (AvgIpc) is 2.64. The Morgan fingerprint density at radius 1 is 1.43 bits per heavy atom. The predicted molar refractivity (Wildman–Crippen MR) is 57.5 cm³/mol. The van der Waals surface area contributed by atoms with Gasteiger partial charge in [-0.15, -0.1) is 0 Å². The van der Waals surface area contributed by atoms with Crippen molar-refractivity contribution in [2.45, 2.75) is 38.6 Å². The van der Waals surface area contributed by atoms with Crippen LogP contribution in [0.4, 0.5) is 5.13 Å². The summed E-state index contributed by atoms with van der Waals surface area (Å²) in [4.78, 5) is 4.43. The predicted octanol–water partition coefficient (Wildman–Crippen LogP) is 2.31. The first-order valence-electron chi connectivity index (χ1n) is 5.47. The molecule has 0 aromatic carbocycles. The molecule has 2 fully saturated rings. The van der Waals surface area contributed by atoms with Crippen molar-refractivity contribution in [1.29, 1.82) is 0 Å². The molecule has 3 rings (SSSR count). The number of aromatic nitrogens is 2. The Kier molecular flexibility index (Phi) is 1.97. The monoisotopic (exact) mass is 209 g/mol. The van der Waals surface area contributed by atoms with Crippen LogP contribution in [0.2, 0.25) is 0 Å². The second kappa shape index (κ2) is 3.19. The number of hydrogen-bond acceptors (Lipinski definition) is 4. The van der Waals surface area contributed by atoms with Crippen LogP contribution in [0.3, 0.4) is 0 Å². The van der Waals surface area contributed by atoms with Gasteiger partial charge in [0.1, 0.15) is 5.82 Å². The zero-order valence-electron chi connectivity index (χ0n) is 8.36. The van der Waals surface area contributed by atoms with Crippen LogP contribution in [0.5, 0.6) is 0 Å². The summed E-state index contributed by atoms with van der Waals surface area (Å²) in [6, 6.07) is 0.724. The summed E-state index contributed by atoms with van der Waals surface area (Å²) in [6.07, 6.45) is 5.21. The third-order valence-corrected chi connectivity index (χ3v) is 4.17. The number of aryl methyl sites for hydroxylation is 1. The molecule has 2 aliphatic rings. The van der Waals surface area contributed by atoms with E-state index in [0.717, 1.165) is 35.3 Å². The number of fused-ring (bicyclic) bond motifs is 1. The van der Waals surface area contributed by atoms with Gasteiger partial charge >= 0.3 is 0 Å². The van der Waals surface area contributed by atoms with Crippen LogP contribution in [0.1, 0.15) is 32.0 Å². The number of nitrogens with zero attached hydrogens (tertiary/aromatic N) is 2. The molecule has 0 aliphatic heterocycles. The van der Waals surface area contributed by atoms with E-state index in [1.807, 2.05) is 0 Å².